The largest absolute Gasteiger partial charge is 0.485 e. The molecule has 0 radical (unpaired) electrons. The first-order valence-electron chi connectivity index (χ1n) is 8.96. The van der Waals surface area contributed by atoms with E-state index in [9.17, 15) is 9.59 Å². The van der Waals surface area contributed by atoms with Crippen LogP contribution in [0.15, 0.2) is 78.6 Å². The lowest BCUT2D eigenvalue weighted by Crippen LogP contribution is -2.11. The first-order valence-corrected chi connectivity index (χ1v) is 8.96. The average molecular weight is 370 g/mol. The highest BCUT2D eigenvalue weighted by molar-refractivity contribution is 6.14. The van der Waals surface area contributed by atoms with Crippen LogP contribution in [0.5, 0.6) is 11.5 Å². The molecule has 138 valence electrons. The predicted molar refractivity (Wildman–Crippen MR) is 107 cm³/mol. The van der Waals surface area contributed by atoms with Gasteiger partial charge in [-0.1, -0.05) is 60.2 Å². The molecule has 0 N–H and O–H groups in total. The highest BCUT2D eigenvalue weighted by Crippen LogP contribution is 2.35. The van der Waals surface area contributed by atoms with E-state index in [0.29, 0.717) is 22.6 Å². The van der Waals surface area contributed by atoms with Gasteiger partial charge in [0.05, 0.1) is 5.56 Å². The maximum Gasteiger partial charge on any atom is 0.231 e. The molecular weight excluding hydrogens is 352 g/mol. The number of Topliss-reactive ketones (excluding diaryl/α,β-unsaturated/α-hetero) is 2. The number of rotatable bonds is 5. The fraction of sp³-hybridized carbons (Fsp3) is 0.0833. The third-order valence-corrected chi connectivity index (χ3v) is 4.45. The van der Waals surface area contributed by atoms with Gasteiger partial charge in [0.15, 0.2) is 18.1 Å². The molecule has 0 atom stereocenters. The summed E-state index contributed by atoms with van der Waals surface area (Å²) < 4.78 is 11.3. The molecule has 4 rings (SSSR count). The molecule has 0 amide bonds. The van der Waals surface area contributed by atoms with Crippen molar-refractivity contribution in [2.75, 3.05) is 6.61 Å². The Morgan fingerprint density at radius 3 is 2.61 bits per heavy atom. The maximum absolute atomic E-state index is 12.6. The van der Waals surface area contributed by atoms with E-state index < -0.39 is 0 Å². The van der Waals surface area contributed by atoms with Crippen LogP contribution in [0, 0.1) is 6.92 Å². The van der Waals surface area contributed by atoms with Gasteiger partial charge in [-0.25, -0.2) is 0 Å². The Morgan fingerprint density at radius 2 is 1.82 bits per heavy atom. The van der Waals surface area contributed by atoms with Gasteiger partial charge in [-0.2, -0.15) is 0 Å². The Morgan fingerprint density at radius 1 is 1.00 bits per heavy atom. The first-order chi connectivity index (χ1) is 13.6. The van der Waals surface area contributed by atoms with Gasteiger partial charge < -0.3 is 9.47 Å². The summed E-state index contributed by atoms with van der Waals surface area (Å²) in [7, 11) is 0. The summed E-state index contributed by atoms with van der Waals surface area (Å²) in [5, 5.41) is 0. The number of hydrogen-bond donors (Lipinski definition) is 0. The molecule has 0 aromatic heterocycles. The number of aryl methyl sites for hydroxylation is 1. The fourth-order valence-corrected chi connectivity index (χ4v) is 3.02. The van der Waals surface area contributed by atoms with Crippen LogP contribution in [0.4, 0.5) is 0 Å². The molecule has 3 aromatic rings. The quantitative estimate of drug-likeness (QED) is 0.475. The van der Waals surface area contributed by atoms with E-state index in [0.717, 1.165) is 11.1 Å². The Hall–Kier alpha value is -3.66. The minimum atomic E-state index is -0.164. The van der Waals surface area contributed by atoms with Crippen LogP contribution >= 0.6 is 0 Å². The number of ether oxygens (including phenoxy) is 2. The van der Waals surface area contributed by atoms with Crippen LogP contribution < -0.4 is 9.47 Å². The summed E-state index contributed by atoms with van der Waals surface area (Å²) in [5.41, 5.74) is 3.09. The SMILES string of the molecule is Cc1cccc(C=C2Oc3cc(OCC(=O)c4ccccc4)ccc3C2=O)c1. The predicted octanol–water partition coefficient (Wildman–Crippen LogP) is 4.87. The highest BCUT2D eigenvalue weighted by Gasteiger charge is 2.27. The molecule has 0 unspecified atom stereocenters. The van der Waals surface area contributed by atoms with E-state index in [4.69, 9.17) is 9.47 Å². The van der Waals surface area contributed by atoms with Crippen molar-refractivity contribution < 1.29 is 19.1 Å². The third-order valence-electron chi connectivity index (χ3n) is 4.45. The number of hydrogen-bond acceptors (Lipinski definition) is 4. The number of allylic oxidation sites excluding steroid dienone is 1. The lowest BCUT2D eigenvalue weighted by Gasteiger charge is -2.06. The second kappa shape index (κ2) is 7.53. The summed E-state index contributed by atoms with van der Waals surface area (Å²) in [5.74, 6) is 0.917. The topological polar surface area (TPSA) is 52.6 Å². The van der Waals surface area contributed by atoms with E-state index in [1.807, 2.05) is 49.4 Å². The van der Waals surface area contributed by atoms with Crippen molar-refractivity contribution in [1.82, 2.24) is 0 Å². The zero-order valence-corrected chi connectivity index (χ0v) is 15.3. The van der Waals surface area contributed by atoms with E-state index >= 15 is 0 Å². The molecule has 0 fully saturated rings. The molecule has 0 aliphatic carbocycles. The number of carbonyl (C=O) groups is 2. The molecular formula is C24H18O4. The van der Waals surface area contributed by atoms with E-state index in [2.05, 4.69) is 0 Å². The van der Waals surface area contributed by atoms with Crippen LogP contribution in [0.1, 0.15) is 31.8 Å². The smallest absolute Gasteiger partial charge is 0.231 e. The molecule has 1 aliphatic rings. The second-order valence-corrected chi connectivity index (χ2v) is 6.59. The Balaban J connectivity index is 1.49. The van der Waals surface area contributed by atoms with Crippen LogP contribution in [0.2, 0.25) is 0 Å². The van der Waals surface area contributed by atoms with Gasteiger partial charge in [-0.15, -0.1) is 0 Å². The van der Waals surface area contributed by atoms with Gasteiger partial charge >= 0.3 is 0 Å². The Kier molecular flexibility index (Phi) is 4.77. The lowest BCUT2D eigenvalue weighted by molar-refractivity contribution is 0.0921. The summed E-state index contributed by atoms with van der Waals surface area (Å²) in [6.07, 6.45) is 1.73. The molecule has 0 bridgehead atoms. The summed E-state index contributed by atoms with van der Waals surface area (Å²) in [6.45, 7) is 1.91. The van der Waals surface area contributed by atoms with Crippen LogP contribution in [0.25, 0.3) is 6.08 Å². The van der Waals surface area contributed by atoms with Gasteiger partial charge in [-0.05, 0) is 30.7 Å². The van der Waals surface area contributed by atoms with Crippen LogP contribution in [-0.4, -0.2) is 18.2 Å². The highest BCUT2D eigenvalue weighted by atomic mass is 16.5. The summed E-state index contributed by atoms with van der Waals surface area (Å²) in [6, 6.07) is 21.8. The van der Waals surface area contributed by atoms with Crippen LogP contribution in [-0.2, 0) is 0 Å². The molecule has 1 heterocycles. The summed E-state index contributed by atoms with van der Waals surface area (Å²) in [4.78, 5) is 24.7. The zero-order valence-electron chi connectivity index (χ0n) is 15.3. The van der Waals surface area contributed by atoms with Gasteiger partial charge in [0.25, 0.3) is 0 Å². The van der Waals surface area contributed by atoms with E-state index in [-0.39, 0.29) is 23.9 Å². The van der Waals surface area contributed by atoms with E-state index in [1.165, 1.54) is 0 Å². The number of carbonyl (C=O) groups excluding carboxylic acids is 2. The number of ketones is 2. The normalized spacial score (nSPS) is 13.9. The van der Waals surface area contributed by atoms with Crippen molar-refractivity contribution in [2.45, 2.75) is 6.92 Å². The van der Waals surface area contributed by atoms with Crippen molar-refractivity contribution in [3.63, 3.8) is 0 Å². The Labute approximate surface area is 163 Å². The van der Waals surface area contributed by atoms with Gasteiger partial charge in [0, 0.05) is 11.6 Å². The lowest BCUT2D eigenvalue weighted by atomic mass is 10.1. The minimum absolute atomic E-state index is 0.0806. The van der Waals surface area contributed by atoms with Gasteiger partial charge in [0.2, 0.25) is 5.78 Å². The van der Waals surface area contributed by atoms with Crippen molar-refractivity contribution in [2.24, 2.45) is 0 Å². The average Bonchev–Trinajstić information content (AvgIpc) is 3.01. The Bertz CT molecular complexity index is 1080. The molecule has 28 heavy (non-hydrogen) atoms. The van der Waals surface area contributed by atoms with Crippen LogP contribution in [0.3, 0.4) is 0 Å². The van der Waals surface area contributed by atoms with Crippen molar-refractivity contribution in [1.29, 1.82) is 0 Å². The monoisotopic (exact) mass is 370 g/mol. The first kappa shape index (κ1) is 17.7. The standard InChI is InChI=1S/C24H18O4/c1-16-6-5-7-17(12-16)13-23-24(26)20-11-10-19(14-22(20)28-23)27-15-21(25)18-8-3-2-4-9-18/h2-14H,15H2,1H3. The maximum atomic E-state index is 12.6. The number of benzene rings is 3. The molecule has 0 spiro atoms. The molecule has 1 aliphatic heterocycles. The van der Waals surface area contributed by atoms with Gasteiger partial charge in [-0.3, -0.25) is 9.59 Å². The molecule has 0 saturated heterocycles. The van der Waals surface area contributed by atoms with Crippen molar-refractivity contribution in [3.8, 4) is 11.5 Å². The van der Waals surface area contributed by atoms with Crippen molar-refractivity contribution >= 4 is 17.6 Å². The summed E-state index contributed by atoms with van der Waals surface area (Å²) >= 11 is 0. The number of fused-ring (bicyclic) bond motifs is 1. The fourth-order valence-electron chi connectivity index (χ4n) is 3.02. The molecule has 0 saturated carbocycles. The molecule has 3 aromatic carbocycles. The third kappa shape index (κ3) is 3.71. The zero-order chi connectivity index (χ0) is 19.5. The second-order valence-electron chi connectivity index (χ2n) is 6.59. The molecule has 4 heteroatoms. The minimum Gasteiger partial charge on any atom is -0.485 e. The van der Waals surface area contributed by atoms with Crippen molar-refractivity contribution in [3.05, 3.63) is 101 Å². The van der Waals surface area contributed by atoms with Gasteiger partial charge in [0.1, 0.15) is 11.5 Å². The molecule has 4 nitrogen and oxygen atoms in total. The van der Waals surface area contributed by atoms with E-state index in [1.54, 1.807) is 36.4 Å².